The number of carbonyl (C=O) groups excluding carboxylic acids is 2. The zero-order valence-corrected chi connectivity index (χ0v) is 14.8. The summed E-state index contributed by atoms with van der Waals surface area (Å²) in [6.07, 6.45) is 0.120. The molecule has 0 aliphatic carbocycles. The molecule has 0 saturated carbocycles. The van der Waals surface area contributed by atoms with Gasteiger partial charge in [0.15, 0.2) is 0 Å². The van der Waals surface area contributed by atoms with E-state index < -0.39 is 11.9 Å². The molecule has 2 aromatic rings. The number of methoxy groups -OCH3 is 1. The third-order valence-corrected chi connectivity index (χ3v) is 4.19. The fourth-order valence-corrected chi connectivity index (χ4v) is 2.90. The predicted octanol–water partition coefficient (Wildman–Crippen LogP) is 3.05. The van der Waals surface area contributed by atoms with E-state index in [1.165, 1.54) is 0 Å². The second-order valence-corrected chi connectivity index (χ2v) is 5.90. The molecule has 0 radical (unpaired) electrons. The number of ether oxygens (including phenoxy) is 3. The van der Waals surface area contributed by atoms with Crippen LogP contribution in [0.25, 0.3) is 0 Å². The van der Waals surface area contributed by atoms with Crippen molar-refractivity contribution < 1.29 is 23.8 Å². The van der Waals surface area contributed by atoms with E-state index in [1.54, 1.807) is 36.3 Å². The van der Waals surface area contributed by atoms with Crippen LogP contribution >= 0.6 is 0 Å². The van der Waals surface area contributed by atoms with E-state index >= 15 is 0 Å². The van der Waals surface area contributed by atoms with Gasteiger partial charge in [0.05, 0.1) is 25.3 Å². The van der Waals surface area contributed by atoms with Gasteiger partial charge in [-0.3, -0.25) is 9.59 Å². The maximum absolute atomic E-state index is 12.4. The highest BCUT2D eigenvalue weighted by molar-refractivity contribution is 6.00. The van der Waals surface area contributed by atoms with Crippen LogP contribution in [0.5, 0.6) is 17.2 Å². The predicted molar refractivity (Wildman–Crippen MR) is 96.7 cm³/mol. The zero-order valence-electron chi connectivity index (χ0n) is 14.8. The van der Waals surface area contributed by atoms with Crippen LogP contribution in [0.2, 0.25) is 0 Å². The van der Waals surface area contributed by atoms with Gasteiger partial charge < -0.3 is 19.1 Å². The number of amides is 1. The van der Waals surface area contributed by atoms with Gasteiger partial charge in [-0.05, 0) is 43.3 Å². The van der Waals surface area contributed by atoms with Crippen LogP contribution in [0.3, 0.4) is 0 Å². The molecule has 6 heteroatoms. The van der Waals surface area contributed by atoms with E-state index in [-0.39, 0.29) is 18.9 Å². The van der Waals surface area contributed by atoms with Gasteiger partial charge in [-0.1, -0.05) is 12.1 Å². The summed E-state index contributed by atoms with van der Waals surface area (Å²) >= 11 is 0. The Morgan fingerprint density at radius 3 is 2.50 bits per heavy atom. The van der Waals surface area contributed by atoms with E-state index in [4.69, 9.17) is 14.2 Å². The lowest BCUT2D eigenvalue weighted by Crippen LogP contribution is -2.27. The molecule has 2 aromatic carbocycles. The molecule has 1 atom stereocenters. The van der Waals surface area contributed by atoms with E-state index in [9.17, 15) is 9.59 Å². The number of benzene rings is 2. The molecule has 1 amide bonds. The molecular formula is C20H21NO5. The largest absolute Gasteiger partial charge is 0.497 e. The molecule has 136 valence electrons. The first-order chi connectivity index (χ1) is 12.6. The maximum Gasteiger partial charge on any atom is 0.316 e. The van der Waals surface area contributed by atoms with Crippen LogP contribution in [0, 0.1) is 5.92 Å². The van der Waals surface area contributed by atoms with Crippen molar-refractivity contribution in [3.63, 3.8) is 0 Å². The van der Waals surface area contributed by atoms with Crippen molar-refractivity contribution >= 4 is 17.6 Å². The summed E-state index contributed by atoms with van der Waals surface area (Å²) in [6, 6.07) is 14.1. The topological polar surface area (TPSA) is 65.1 Å². The summed E-state index contributed by atoms with van der Waals surface area (Å²) in [6.45, 7) is 2.66. The smallest absolute Gasteiger partial charge is 0.316 e. The molecule has 1 fully saturated rings. The normalized spacial score (nSPS) is 16.5. The number of hydrogen-bond donors (Lipinski definition) is 0. The molecule has 0 aromatic heterocycles. The third kappa shape index (κ3) is 3.79. The van der Waals surface area contributed by atoms with Gasteiger partial charge in [0.25, 0.3) is 0 Å². The minimum Gasteiger partial charge on any atom is -0.497 e. The average molecular weight is 355 g/mol. The molecule has 0 spiro atoms. The molecule has 0 bridgehead atoms. The summed E-state index contributed by atoms with van der Waals surface area (Å²) in [5.41, 5.74) is 0.680. The van der Waals surface area contributed by atoms with Crippen molar-refractivity contribution in [2.75, 3.05) is 25.2 Å². The van der Waals surface area contributed by atoms with Gasteiger partial charge in [0, 0.05) is 13.0 Å². The number of esters is 1. The highest BCUT2D eigenvalue weighted by Crippen LogP contribution is 2.33. The summed E-state index contributed by atoms with van der Waals surface area (Å²) in [5.74, 6) is 0.691. The monoisotopic (exact) mass is 355 g/mol. The van der Waals surface area contributed by atoms with Gasteiger partial charge in [-0.25, -0.2) is 0 Å². The Kier molecular flexibility index (Phi) is 5.41. The summed E-state index contributed by atoms with van der Waals surface area (Å²) < 4.78 is 16.1. The first kappa shape index (κ1) is 17.8. The van der Waals surface area contributed by atoms with Gasteiger partial charge in [-0.2, -0.15) is 0 Å². The lowest BCUT2D eigenvalue weighted by Gasteiger charge is -2.19. The first-order valence-corrected chi connectivity index (χ1v) is 8.50. The number of rotatable bonds is 6. The summed E-state index contributed by atoms with van der Waals surface area (Å²) in [5, 5.41) is 0. The van der Waals surface area contributed by atoms with E-state index in [0.717, 1.165) is 0 Å². The van der Waals surface area contributed by atoms with Crippen molar-refractivity contribution in [2.45, 2.75) is 13.3 Å². The fourth-order valence-electron chi connectivity index (χ4n) is 2.90. The highest BCUT2D eigenvalue weighted by atomic mass is 16.5. The summed E-state index contributed by atoms with van der Waals surface area (Å²) in [4.78, 5) is 26.5. The summed E-state index contributed by atoms with van der Waals surface area (Å²) in [7, 11) is 1.57. The van der Waals surface area contributed by atoms with Crippen LogP contribution in [0.4, 0.5) is 5.69 Å². The molecule has 0 unspecified atom stereocenters. The molecule has 1 saturated heterocycles. The van der Waals surface area contributed by atoms with Crippen LogP contribution in [0.15, 0.2) is 48.5 Å². The van der Waals surface area contributed by atoms with Gasteiger partial charge >= 0.3 is 5.97 Å². The van der Waals surface area contributed by atoms with E-state index in [1.807, 2.05) is 31.2 Å². The first-order valence-electron chi connectivity index (χ1n) is 8.50. The van der Waals surface area contributed by atoms with E-state index in [2.05, 4.69) is 0 Å². The Balaban J connectivity index is 1.70. The second kappa shape index (κ2) is 7.91. The minimum atomic E-state index is -0.515. The van der Waals surface area contributed by atoms with Gasteiger partial charge in [0.2, 0.25) is 5.91 Å². The third-order valence-electron chi connectivity index (χ3n) is 4.19. The molecule has 0 N–H and O–H groups in total. The molecule has 26 heavy (non-hydrogen) atoms. The van der Waals surface area contributed by atoms with Gasteiger partial charge in [-0.15, -0.1) is 0 Å². The lowest BCUT2D eigenvalue weighted by molar-refractivity contribution is -0.139. The number of anilines is 1. The van der Waals surface area contributed by atoms with Crippen molar-refractivity contribution in [1.82, 2.24) is 0 Å². The molecule has 1 aliphatic rings. The Labute approximate surface area is 152 Å². The van der Waals surface area contributed by atoms with Crippen molar-refractivity contribution in [3.8, 4) is 17.2 Å². The number of hydrogen-bond acceptors (Lipinski definition) is 5. The second-order valence-electron chi connectivity index (χ2n) is 5.90. The number of para-hydroxylation sites is 2. The quantitative estimate of drug-likeness (QED) is 0.589. The zero-order chi connectivity index (χ0) is 18.5. The standard InChI is InChI=1S/C20H21NO5/c1-3-25-18-7-5-4-6-17(18)21-13-14(12-19(21)22)20(23)26-16-10-8-15(24-2)9-11-16/h4-11,14H,3,12-13H2,1-2H3/t14-/m1/s1. The SMILES string of the molecule is CCOc1ccccc1N1C[C@H](C(=O)Oc2ccc(OC)cc2)CC1=O. The van der Waals surface area contributed by atoms with Crippen molar-refractivity contribution in [3.05, 3.63) is 48.5 Å². The van der Waals surface area contributed by atoms with Crippen molar-refractivity contribution in [2.24, 2.45) is 5.92 Å². The van der Waals surface area contributed by atoms with Gasteiger partial charge in [0.1, 0.15) is 17.2 Å². The van der Waals surface area contributed by atoms with Crippen LogP contribution in [-0.2, 0) is 9.59 Å². The fraction of sp³-hybridized carbons (Fsp3) is 0.300. The Bertz CT molecular complexity index is 787. The Hall–Kier alpha value is -3.02. The average Bonchev–Trinajstić information content (AvgIpc) is 3.05. The molecular weight excluding hydrogens is 334 g/mol. The Morgan fingerprint density at radius 2 is 1.81 bits per heavy atom. The van der Waals surface area contributed by atoms with Crippen LogP contribution in [0.1, 0.15) is 13.3 Å². The molecule has 6 nitrogen and oxygen atoms in total. The number of nitrogens with zero attached hydrogens (tertiary/aromatic N) is 1. The lowest BCUT2D eigenvalue weighted by atomic mass is 10.1. The number of carbonyl (C=O) groups is 2. The van der Waals surface area contributed by atoms with Crippen molar-refractivity contribution in [1.29, 1.82) is 0 Å². The van der Waals surface area contributed by atoms with Crippen LogP contribution in [-0.4, -0.2) is 32.1 Å². The minimum absolute atomic E-state index is 0.117. The molecule has 1 aliphatic heterocycles. The Morgan fingerprint density at radius 1 is 1.12 bits per heavy atom. The molecule has 3 rings (SSSR count). The highest BCUT2D eigenvalue weighted by Gasteiger charge is 2.37. The molecule has 1 heterocycles. The van der Waals surface area contributed by atoms with Crippen LogP contribution < -0.4 is 19.1 Å². The van der Waals surface area contributed by atoms with E-state index in [0.29, 0.717) is 29.5 Å². The maximum atomic E-state index is 12.4.